The Bertz CT molecular complexity index is 816. The van der Waals surface area contributed by atoms with E-state index in [0.29, 0.717) is 23.8 Å². The predicted octanol–water partition coefficient (Wildman–Crippen LogP) is 3.10. The molecule has 1 saturated heterocycles. The first kappa shape index (κ1) is 15.0. The zero-order chi connectivity index (χ0) is 16.4. The first-order chi connectivity index (χ1) is 11.8. The lowest BCUT2D eigenvalue weighted by Crippen LogP contribution is -2.31. The van der Waals surface area contributed by atoms with E-state index in [4.69, 9.17) is 4.52 Å². The number of aromatic nitrogens is 3. The summed E-state index contributed by atoms with van der Waals surface area (Å²) in [6.45, 7) is 0.731. The molecule has 0 bridgehead atoms. The zero-order valence-electron chi connectivity index (χ0n) is 13.0. The van der Waals surface area contributed by atoms with Crippen LogP contribution in [0.2, 0.25) is 0 Å². The summed E-state index contributed by atoms with van der Waals surface area (Å²) in [5.41, 5.74) is 1.72. The van der Waals surface area contributed by atoms with Gasteiger partial charge >= 0.3 is 0 Å². The van der Waals surface area contributed by atoms with Crippen LogP contribution >= 0.6 is 11.3 Å². The fourth-order valence-corrected chi connectivity index (χ4v) is 3.63. The topological polar surface area (TPSA) is 72.1 Å². The van der Waals surface area contributed by atoms with E-state index in [0.717, 1.165) is 24.9 Å². The van der Waals surface area contributed by atoms with Crippen LogP contribution in [-0.2, 0) is 11.2 Å². The number of carbonyl (C=O) groups excluding carboxylic acids is 1. The molecule has 0 aromatic carbocycles. The first-order valence-electron chi connectivity index (χ1n) is 7.87. The van der Waals surface area contributed by atoms with E-state index in [9.17, 15) is 4.79 Å². The molecule has 0 saturated carbocycles. The van der Waals surface area contributed by atoms with Crippen molar-refractivity contribution in [2.75, 3.05) is 6.54 Å². The molecule has 1 aliphatic heterocycles. The normalized spacial score (nSPS) is 17.3. The van der Waals surface area contributed by atoms with Crippen molar-refractivity contribution >= 4 is 17.2 Å². The Balaban J connectivity index is 1.53. The molecule has 4 heterocycles. The molecule has 24 heavy (non-hydrogen) atoms. The Morgan fingerprint density at radius 2 is 2.33 bits per heavy atom. The monoisotopic (exact) mass is 340 g/mol. The van der Waals surface area contributed by atoms with E-state index in [1.165, 1.54) is 0 Å². The van der Waals surface area contributed by atoms with Crippen molar-refractivity contribution in [3.63, 3.8) is 0 Å². The minimum absolute atomic E-state index is 0.105. The number of carbonyl (C=O) groups is 1. The van der Waals surface area contributed by atoms with Crippen LogP contribution in [0.4, 0.5) is 0 Å². The maximum absolute atomic E-state index is 12.6. The minimum Gasteiger partial charge on any atom is -0.337 e. The van der Waals surface area contributed by atoms with Crippen LogP contribution in [0.25, 0.3) is 11.5 Å². The molecule has 1 atom stereocenters. The van der Waals surface area contributed by atoms with Crippen molar-refractivity contribution in [1.29, 1.82) is 0 Å². The third-order valence-electron chi connectivity index (χ3n) is 4.13. The Hall–Kier alpha value is -2.54. The number of rotatable bonds is 4. The fraction of sp³-hybridized carbons (Fsp3) is 0.294. The zero-order valence-corrected chi connectivity index (χ0v) is 13.8. The standard InChI is InChI=1S/C17H16N4O2S/c22-15(10-12-6-9-24-11-12)21-8-3-5-14(21)17-19-16(20-23-17)13-4-1-2-7-18-13/h1-2,4,6-7,9,11,14H,3,5,8,10H2/t14-/m0/s1. The Morgan fingerprint density at radius 3 is 3.12 bits per heavy atom. The van der Waals surface area contributed by atoms with Crippen LogP contribution in [0.3, 0.4) is 0 Å². The third kappa shape index (κ3) is 2.94. The quantitative estimate of drug-likeness (QED) is 0.730. The van der Waals surface area contributed by atoms with Crippen LogP contribution < -0.4 is 0 Å². The number of amides is 1. The summed E-state index contributed by atoms with van der Waals surface area (Å²) in [7, 11) is 0. The summed E-state index contributed by atoms with van der Waals surface area (Å²) in [6, 6.07) is 7.40. The molecule has 1 amide bonds. The van der Waals surface area contributed by atoms with Crippen LogP contribution in [0.15, 0.2) is 45.7 Å². The summed E-state index contributed by atoms with van der Waals surface area (Å²) in [5, 5.41) is 8.01. The van der Waals surface area contributed by atoms with E-state index < -0.39 is 0 Å². The van der Waals surface area contributed by atoms with Crippen LogP contribution in [0, 0.1) is 0 Å². The molecule has 7 heteroatoms. The lowest BCUT2D eigenvalue weighted by molar-refractivity contribution is -0.131. The van der Waals surface area contributed by atoms with Crippen LogP contribution in [0.1, 0.15) is 30.3 Å². The summed E-state index contributed by atoms with van der Waals surface area (Å²) in [5.74, 6) is 1.06. The highest BCUT2D eigenvalue weighted by Crippen LogP contribution is 2.32. The molecule has 1 aliphatic rings. The molecule has 0 aliphatic carbocycles. The third-order valence-corrected chi connectivity index (χ3v) is 4.86. The molecule has 0 radical (unpaired) electrons. The fourth-order valence-electron chi connectivity index (χ4n) is 2.96. The van der Waals surface area contributed by atoms with E-state index in [-0.39, 0.29) is 11.9 Å². The molecule has 3 aromatic rings. The van der Waals surface area contributed by atoms with Crippen molar-refractivity contribution in [2.45, 2.75) is 25.3 Å². The molecule has 0 N–H and O–H groups in total. The largest absolute Gasteiger partial charge is 0.337 e. The molecule has 0 unspecified atom stereocenters. The molecular weight excluding hydrogens is 324 g/mol. The number of likely N-dealkylation sites (tertiary alicyclic amines) is 1. The van der Waals surface area contributed by atoms with Gasteiger partial charge in [0.25, 0.3) is 0 Å². The van der Waals surface area contributed by atoms with E-state index in [1.54, 1.807) is 17.5 Å². The van der Waals surface area contributed by atoms with Gasteiger partial charge in [0.2, 0.25) is 17.6 Å². The van der Waals surface area contributed by atoms with Crippen molar-refractivity contribution in [3.05, 3.63) is 52.7 Å². The Morgan fingerprint density at radius 1 is 1.38 bits per heavy atom. The number of hydrogen-bond acceptors (Lipinski definition) is 6. The van der Waals surface area contributed by atoms with Gasteiger partial charge in [-0.1, -0.05) is 11.2 Å². The maximum Gasteiger partial charge on any atom is 0.249 e. The van der Waals surface area contributed by atoms with Crippen LogP contribution in [-0.4, -0.2) is 32.5 Å². The smallest absolute Gasteiger partial charge is 0.249 e. The molecule has 4 rings (SSSR count). The molecule has 6 nitrogen and oxygen atoms in total. The molecule has 3 aromatic heterocycles. The van der Waals surface area contributed by atoms with Crippen molar-refractivity contribution in [1.82, 2.24) is 20.0 Å². The Labute approximate surface area is 143 Å². The highest BCUT2D eigenvalue weighted by molar-refractivity contribution is 7.08. The number of thiophene rings is 1. The summed E-state index contributed by atoms with van der Waals surface area (Å²) >= 11 is 1.60. The summed E-state index contributed by atoms with van der Waals surface area (Å²) < 4.78 is 5.43. The van der Waals surface area contributed by atoms with Gasteiger partial charge < -0.3 is 9.42 Å². The maximum atomic E-state index is 12.6. The number of nitrogens with zero attached hydrogens (tertiary/aromatic N) is 4. The van der Waals surface area contributed by atoms with Gasteiger partial charge in [0.15, 0.2) is 0 Å². The van der Waals surface area contributed by atoms with Crippen molar-refractivity contribution in [2.24, 2.45) is 0 Å². The van der Waals surface area contributed by atoms with E-state index >= 15 is 0 Å². The second kappa shape index (κ2) is 6.52. The second-order valence-electron chi connectivity index (χ2n) is 5.72. The van der Waals surface area contributed by atoms with Gasteiger partial charge in [-0.2, -0.15) is 16.3 Å². The molecule has 1 fully saturated rings. The molecule has 122 valence electrons. The Kier molecular flexibility index (Phi) is 4.08. The lowest BCUT2D eigenvalue weighted by Gasteiger charge is -2.21. The molecular formula is C17H16N4O2S. The second-order valence-corrected chi connectivity index (χ2v) is 6.50. The number of pyridine rings is 1. The summed E-state index contributed by atoms with van der Waals surface area (Å²) in [6.07, 6.45) is 3.90. The lowest BCUT2D eigenvalue weighted by atomic mass is 10.2. The van der Waals surface area contributed by atoms with Gasteiger partial charge in [-0.3, -0.25) is 9.78 Å². The first-order valence-corrected chi connectivity index (χ1v) is 8.81. The van der Waals surface area contributed by atoms with Gasteiger partial charge in [-0.05, 0) is 47.4 Å². The van der Waals surface area contributed by atoms with Gasteiger partial charge in [0.1, 0.15) is 11.7 Å². The summed E-state index contributed by atoms with van der Waals surface area (Å²) in [4.78, 5) is 23.1. The van der Waals surface area contributed by atoms with Crippen molar-refractivity contribution < 1.29 is 9.32 Å². The minimum atomic E-state index is -0.138. The molecule has 0 spiro atoms. The number of hydrogen-bond donors (Lipinski definition) is 0. The van der Waals surface area contributed by atoms with Crippen LogP contribution in [0.5, 0.6) is 0 Å². The SMILES string of the molecule is O=C(Cc1ccsc1)N1CCC[C@H]1c1nc(-c2ccccn2)no1. The highest BCUT2D eigenvalue weighted by atomic mass is 32.1. The highest BCUT2D eigenvalue weighted by Gasteiger charge is 2.34. The van der Waals surface area contributed by atoms with E-state index in [1.807, 2.05) is 39.9 Å². The predicted molar refractivity (Wildman–Crippen MR) is 89.2 cm³/mol. The van der Waals surface area contributed by atoms with Crippen molar-refractivity contribution in [3.8, 4) is 11.5 Å². The van der Waals surface area contributed by atoms with Gasteiger partial charge in [0.05, 0.1) is 6.42 Å². The average molecular weight is 340 g/mol. The van der Waals surface area contributed by atoms with Gasteiger partial charge in [-0.15, -0.1) is 0 Å². The van der Waals surface area contributed by atoms with Gasteiger partial charge in [-0.25, -0.2) is 0 Å². The van der Waals surface area contributed by atoms with E-state index in [2.05, 4.69) is 15.1 Å². The average Bonchev–Trinajstić information content (AvgIpc) is 3.36. The van der Waals surface area contributed by atoms with Gasteiger partial charge in [0, 0.05) is 12.7 Å².